The lowest BCUT2D eigenvalue weighted by Crippen LogP contribution is -2.18. The SMILES string of the molecule is CSc1ccc(-n2cnc3ccccc3c2=O)cc1. The summed E-state index contributed by atoms with van der Waals surface area (Å²) in [5, 5.41) is 0.638. The van der Waals surface area contributed by atoms with Crippen LogP contribution in [0.2, 0.25) is 0 Å². The van der Waals surface area contributed by atoms with Crippen LogP contribution in [0.3, 0.4) is 0 Å². The molecule has 1 heterocycles. The zero-order chi connectivity index (χ0) is 13.2. The first-order valence-electron chi connectivity index (χ1n) is 5.90. The molecule has 4 heteroatoms. The van der Waals surface area contributed by atoms with Crippen molar-refractivity contribution < 1.29 is 0 Å². The average molecular weight is 268 g/mol. The van der Waals surface area contributed by atoms with Gasteiger partial charge in [-0.25, -0.2) is 4.98 Å². The molecule has 19 heavy (non-hydrogen) atoms. The van der Waals surface area contributed by atoms with Crippen molar-refractivity contribution in [2.75, 3.05) is 6.26 Å². The molecule has 0 aliphatic rings. The maximum Gasteiger partial charge on any atom is 0.265 e. The molecule has 0 unspecified atom stereocenters. The third kappa shape index (κ3) is 2.15. The average Bonchev–Trinajstić information content (AvgIpc) is 2.48. The summed E-state index contributed by atoms with van der Waals surface area (Å²) in [6, 6.07) is 15.3. The molecular formula is C15H12N2OS. The zero-order valence-corrected chi connectivity index (χ0v) is 11.2. The third-order valence-corrected chi connectivity index (χ3v) is 3.76. The van der Waals surface area contributed by atoms with E-state index in [-0.39, 0.29) is 5.56 Å². The van der Waals surface area contributed by atoms with Crippen LogP contribution >= 0.6 is 11.8 Å². The molecule has 0 aliphatic carbocycles. The first-order chi connectivity index (χ1) is 9.29. The number of para-hydroxylation sites is 1. The quantitative estimate of drug-likeness (QED) is 0.670. The maximum absolute atomic E-state index is 12.4. The smallest absolute Gasteiger partial charge is 0.265 e. The minimum absolute atomic E-state index is 0.0394. The largest absolute Gasteiger partial charge is 0.268 e. The van der Waals surface area contributed by atoms with Crippen LogP contribution in [-0.4, -0.2) is 15.8 Å². The first-order valence-corrected chi connectivity index (χ1v) is 7.13. The summed E-state index contributed by atoms with van der Waals surface area (Å²) in [4.78, 5) is 17.9. The van der Waals surface area contributed by atoms with Gasteiger partial charge in [-0.05, 0) is 42.7 Å². The van der Waals surface area contributed by atoms with Gasteiger partial charge in [0.15, 0.2) is 0 Å². The number of hydrogen-bond acceptors (Lipinski definition) is 3. The Morgan fingerprint density at radius 2 is 1.79 bits per heavy atom. The van der Waals surface area contributed by atoms with Gasteiger partial charge in [-0.3, -0.25) is 9.36 Å². The molecule has 1 aromatic heterocycles. The Morgan fingerprint density at radius 1 is 1.05 bits per heavy atom. The zero-order valence-electron chi connectivity index (χ0n) is 10.4. The minimum atomic E-state index is -0.0394. The second kappa shape index (κ2) is 4.90. The molecule has 0 aliphatic heterocycles. The van der Waals surface area contributed by atoms with Gasteiger partial charge in [-0.2, -0.15) is 0 Å². The molecule has 3 rings (SSSR count). The van der Waals surface area contributed by atoms with Gasteiger partial charge in [0.2, 0.25) is 0 Å². The summed E-state index contributed by atoms with van der Waals surface area (Å²) in [6.07, 6.45) is 3.61. The number of hydrogen-bond donors (Lipinski definition) is 0. The second-order valence-corrected chi connectivity index (χ2v) is 5.01. The number of nitrogens with zero attached hydrogens (tertiary/aromatic N) is 2. The van der Waals surface area contributed by atoms with Crippen molar-refractivity contribution in [1.29, 1.82) is 0 Å². The predicted octanol–water partition coefficient (Wildman–Crippen LogP) is 3.11. The van der Waals surface area contributed by atoms with Crippen molar-refractivity contribution >= 4 is 22.7 Å². The van der Waals surface area contributed by atoms with E-state index < -0.39 is 0 Å². The Balaban J connectivity index is 2.19. The van der Waals surface area contributed by atoms with Gasteiger partial charge in [0, 0.05) is 4.90 Å². The maximum atomic E-state index is 12.4. The molecule has 0 spiro atoms. The van der Waals surface area contributed by atoms with Crippen molar-refractivity contribution in [3.05, 3.63) is 65.2 Å². The third-order valence-electron chi connectivity index (χ3n) is 3.02. The molecule has 0 atom stereocenters. The van der Waals surface area contributed by atoms with Crippen LogP contribution in [0.15, 0.2) is 64.5 Å². The lowest BCUT2D eigenvalue weighted by molar-refractivity contribution is 0.961. The summed E-state index contributed by atoms with van der Waals surface area (Å²) in [7, 11) is 0. The highest BCUT2D eigenvalue weighted by atomic mass is 32.2. The Morgan fingerprint density at radius 3 is 2.53 bits per heavy atom. The van der Waals surface area contributed by atoms with Crippen LogP contribution in [0.25, 0.3) is 16.6 Å². The Labute approximate surface area is 114 Å². The van der Waals surface area contributed by atoms with Crippen molar-refractivity contribution in [3.8, 4) is 5.69 Å². The van der Waals surface area contributed by atoms with Crippen molar-refractivity contribution in [1.82, 2.24) is 9.55 Å². The van der Waals surface area contributed by atoms with Gasteiger partial charge in [-0.1, -0.05) is 12.1 Å². The van der Waals surface area contributed by atoms with Gasteiger partial charge in [0.1, 0.15) is 6.33 Å². The van der Waals surface area contributed by atoms with Gasteiger partial charge in [-0.15, -0.1) is 11.8 Å². The number of aromatic nitrogens is 2. The highest BCUT2D eigenvalue weighted by Crippen LogP contribution is 2.16. The van der Waals surface area contributed by atoms with E-state index in [0.717, 1.165) is 11.2 Å². The molecule has 3 nitrogen and oxygen atoms in total. The summed E-state index contributed by atoms with van der Waals surface area (Å²) in [6.45, 7) is 0. The fourth-order valence-corrected chi connectivity index (χ4v) is 2.40. The molecule has 0 saturated carbocycles. The van der Waals surface area contributed by atoms with E-state index in [2.05, 4.69) is 4.98 Å². The summed E-state index contributed by atoms with van der Waals surface area (Å²) in [5.41, 5.74) is 1.52. The van der Waals surface area contributed by atoms with E-state index in [0.29, 0.717) is 5.39 Å². The fraction of sp³-hybridized carbons (Fsp3) is 0.0667. The van der Waals surface area contributed by atoms with Crippen LogP contribution < -0.4 is 5.56 Å². The van der Waals surface area contributed by atoms with Crippen LogP contribution in [-0.2, 0) is 0 Å². The Hall–Kier alpha value is -2.07. The van der Waals surface area contributed by atoms with Gasteiger partial charge in [0.25, 0.3) is 5.56 Å². The van der Waals surface area contributed by atoms with Gasteiger partial charge < -0.3 is 0 Å². The van der Waals surface area contributed by atoms with E-state index >= 15 is 0 Å². The van der Waals surface area contributed by atoms with Crippen LogP contribution in [0, 0.1) is 0 Å². The topological polar surface area (TPSA) is 34.9 Å². The fourth-order valence-electron chi connectivity index (χ4n) is 2.00. The Kier molecular flexibility index (Phi) is 3.09. The van der Waals surface area contributed by atoms with E-state index in [9.17, 15) is 4.79 Å². The van der Waals surface area contributed by atoms with E-state index in [1.165, 1.54) is 4.90 Å². The molecule has 0 fully saturated rings. The van der Waals surface area contributed by atoms with Crippen LogP contribution in [0.1, 0.15) is 0 Å². The van der Waals surface area contributed by atoms with Crippen LogP contribution in [0.5, 0.6) is 0 Å². The normalized spacial score (nSPS) is 10.8. The number of thioether (sulfide) groups is 1. The molecule has 0 bridgehead atoms. The molecule has 0 amide bonds. The lowest BCUT2D eigenvalue weighted by atomic mass is 10.2. The standard InChI is InChI=1S/C15H12N2OS/c1-19-12-8-6-11(7-9-12)17-10-16-14-5-3-2-4-13(14)15(17)18/h2-10H,1H3. The lowest BCUT2D eigenvalue weighted by Gasteiger charge is -2.07. The van der Waals surface area contributed by atoms with Gasteiger partial charge in [0.05, 0.1) is 16.6 Å². The summed E-state index contributed by atoms with van der Waals surface area (Å²) < 4.78 is 1.58. The number of rotatable bonds is 2. The first kappa shape index (κ1) is 12.0. The predicted molar refractivity (Wildman–Crippen MR) is 79.1 cm³/mol. The molecule has 3 aromatic rings. The highest BCUT2D eigenvalue weighted by molar-refractivity contribution is 7.98. The molecule has 2 aromatic carbocycles. The van der Waals surface area contributed by atoms with Crippen molar-refractivity contribution in [3.63, 3.8) is 0 Å². The number of fused-ring (bicyclic) bond motifs is 1. The van der Waals surface area contributed by atoms with Crippen molar-refractivity contribution in [2.45, 2.75) is 4.90 Å². The minimum Gasteiger partial charge on any atom is -0.268 e. The molecule has 0 radical (unpaired) electrons. The highest BCUT2D eigenvalue weighted by Gasteiger charge is 2.04. The van der Waals surface area contributed by atoms with Crippen LogP contribution in [0.4, 0.5) is 0 Å². The molecular weight excluding hydrogens is 256 g/mol. The summed E-state index contributed by atoms with van der Waals surface area (Å²) in [5.74, 6) is 0. The second-order valence-electron chi connectivity index (χ2n) is 4.13. The monoisotopic (exact) mass is 268 g/mol. The van der Waals surface area contributed by atoms with Gasteiger partial charge >= 0.3 is 0 Å². The van der Waals surface area contributed by atoms with E-state index in [1.807, 2.05) is 48.7 Å². The Bertz CT molecular complexity index is 778. The van der Waals surface area contributed by atoms with Crippen molar-refractivity contribution in [2.24, 2.45) is 0 Å². The molecule has 0 saturated heterocycles. The molecule has 94 valence electrons. The molecule has 0 N–H and O–H groups in total. The van der Waals surface area contributed by atoms with E-state index in [4.69, 9.17) is 0 Å². The summed E-state index contributed by atoms with van der Waals surface area (Å²) >= 11 is 1.68. The number of benzene rings is 2. The van der Waals surface area contributed by atoms with E-state index in [1.54, 1.807) is 28.7 Å².